The topological polar surface area (TPSA) is 38.7 Å². The van der Waals surface area contributed by atoms with Crippen LogP contribution in [-0.4, -0.2) is 12.2 Å². The van der Waals surface area contributed by atoms with Gasteiger partial charge in [0.2, 0.25) is 0 Å². The Bertz CT molecular complexity index is 521. The van der Waals surface area contributed by atoms with Crippen molar-refractivity contribution in [2.24, 2.45) is 0 Å². The van der Waals surface area contributed by atoms with E-state index in [1.807, 2.05) is 48.5 Å². The highest BCUT2D eigenvalue weighted by Crippen LogP contribution is 2.34. The number of hydrogen-bond acceptors (Lipinski definition) is 3. The minimum atomic E-state index is -0.573. The number of aliphatic hydroxyl groups excluding tert-OH is 1. The van der Waals surface area contributed by atoms with Gasteiger partial charge in [-0.3, -0.25) is 0 Å². The minimum Gasteiger partial charge on any atom is -0.493 e. The number of aliphatic hydroxyl groups is 1. The summed E-state index contributed by atoms with van der Waals surface area (Å²) < 4.78 is 11.0. The Labute approximate surface area is 107 Å². The van der Waals surface area contributed by atoms with E-state index in [9.17, 15) is 5.11 Å². The van der Waals surface area contributed by atoms with Crippen LogP contribution in [0.15, 0.2) is 48.5 Å². The molecule has 0 spiro atoms. The fraction of sp³-hybridized carbons (Fsp3) is 0.200. The van der Waals surface area contributed by atoms with Gasteiger partial charge >= 0.3 is 0 Å². The predicted molar refractivity (Wildman–Crippen MR) is 70.1 cm³/mol. The van der Waals surface area contributed by atoms with E-state index in [0.717, 1.165) is 5.56 Å². The van der Waals surface area contributed by atoms with Gasteiger partial charge in [0.05, 0.1) is 13.2 Å². The number of para-hydroxylation sites is 3. The second-order valence-corrected chi connectivity index (χ2v) is 3.97. The van der Waals surface area contributed by atoms with Crippen LogP contribution in [0.5, 0.6) is 17.2 Å². The Hall–Kier alpha value is -2.00. The van der Waals surface area contributed by atoms with E-state index in [2.05, 4.69) is 0 Å². The summed E-state index contributed by atoms with van der Waals surface area (Å²) in [6, 6.07) is 14.8. The highest BCUT2D eigenvalue weighted by Gasteiger charge is 2.11. The summed E-state index contributed by atoms with van der Waals surface area (Å²) in [4.78, 5) is 0. The van der Waals surface area contributed by atoms with Crippen molar-refractivity contribution >= 4 is 0 Å². The van der Waals surface area contributed by atoms with Crippen LogP contribution in [-0.2, 0) is 0 Å². The molecular weight excluding hydrogens is 228 g/mol. The van der Waals surface area contributed by atoms with Gasteiger partial charge in [0.1, 0.15) is 5.75 Å². The summed E-state index contributed by atoms with van der Waals surface area (Å²) >= 11 is 0. The maximum Gasteiger partial charge on any atom is 0.169 e. The molecule has 0 aromatic heterocycles. The first-order chi connectivity index (χ1) is 8.72. The van der Waals surface area contributed by atoms with E-state index in [1.54, 1.807) is 14.0 Å². The van der Waals surface area contributed by atoms with Crippen LogP contribution in [0.4, 0.5) is 0 Å². The van der Waals surface area contributed by atoms with Gasteiger partial charge in [-0.15, -0.1) is 0 Å². The lowest BCUT2D eigenvalue weighted by Crippen LogP contribution is -1.96. The largest absolute Gasteiger partial charge is 0.493 e. The van der Waals surface area contributed by atoms with E-state index in [0.29, 0.717) is 17.2 Å². The van der Waals surface area contributed by atoms with E-state index in [4.69, 9.17) is 9.47 Å². The Kier molecular flexibility index (Phi) is 3.85. The van der Waals surface area contributed by atoms with Crippen LogP contribution in [0.1, 0.15) is 18.6 Å². The Morgan fingerprint density at radius 2 is 1.44 bits per heavy atom. The molecule has 0 saturated heterocycles. The Morgan fingerprint density at radius 1 is 0.889 bits per heavy atom. The molecule has 0 aliphatic heterocycles. The van der Waals surface area contributed by atoms with Crippen LogP contribution >= 0.6 is 0 Å². The van der Waals surface area contributed by atoms with Crippen molar-refractivity contribution < 1.29 is 14.6 Å². The molecule has 1 unspecified atom stereocenters. The van der Waals surface area contributed by atoms with Crippen molar-refractivity contribution in [2.45, 2.75) is 13.0 Å². The highest BCUT2D eigenvalue weighted by molar-refractivity contribution is 5.45. The van der Waals surface area contributed by atoms with Crippen molar-refractivity contribution in [1.82, 2.24) is 0 Å². The van der Waals surface area contributed by atoms with Gasteiger partial charge in [0.25, 0.3) is 0 Å². The summed E-state index contributed by atoms with van der Waals surface area (Å²) in [6.45, 7) is 1.71. The maximum absolute atomic E-state index is 9.70. The molecule has 94 valence electrons. The van der Waals surface area contributed by atoms with Crippen LogP contribution in [0.25, 0.3) is 0 Å². The molecule has 0 fully saturated rings. The molecule has 2 rings (SSSR count). The van der Waals surface area contributed by atoms with Crippen LogP contribution in [0.3, 0.4) is 0 Å². The van der Waals surface area contributed by atoms with E-state index in [-0.39, 0.29) is 0 Å². The molecule has 1 N–H and O–H groups in total. The zero-order valence-electron chi connectivity index (χ0n) is 10.5. The van der Waals surface area contributed by atoms with Crippen molar-refractivity contribution in [3.05, 3.63) is 54.1 Å². The molecule has 18 heavy (non-hydrogen) atoms. The Balaban J connectivity index is 2.34. The third kappa shape index (κ3) is 2.63. The molecule has 2 aromatic rings. The van der Waals surface area contributed by atoms with Gasteiger partial charge in [0, 0.05) is 5.56 Å². The molecule has 3 nitrogen and oxygen atoms in total. The number of benzene rings is 2. The van der Waals surface area contributed by atoms with Gasteiger partial charge in [0.15, 0.2) is 11.5 Å². The normalized spacial score (nSPS) is 11.9. The first-order valence-electron chi connectivity index (χ1n) is 5.80. The van der Waals surface area contributed by atoms with Gasteiger partial charge in [-0.05, 0) is 25.1 Å². The fourth-order valence-electron chi connectivity index (χ4n) is 1.74. The molecular formula is C15H16O3. The number of rotatable bonds is 4. The summed E-state index contributed by atoms with van der Waals surface area (Å²) in [5.74, 6) is 1.93. The average molecular weight is 244 g/mol. The first-order valence-corrected chi connectivity index (χ1v) is 5.80. The lowest BCUT2D eigenvalue weighted by atomic mass is 10.1. The van der Waals surface area contributed by atoms with E-state index < -0.39 is 6.10 Å². The standard InChI is InChI=1S/C15H16O3/c1-11(16)12-7-3-4-8-13(12)18-15-10-6-5-9-14(15)17-2/h3-11,16H,1-2H3. The molecule has 0 saturated carbocycles. The van der Waals surface area contributed by atoms with E-state index in [1.165, 1.54) is 0 Å². The van der Waals surface area contributed by atoms with Crippen molar-refractivity contribution in [3.8, 4) is 17.2 Å². The summed E-state index contributed by atoms with van der Waals surface area (Å²) in [5, 5.41) is 9.70. The van der Waals surface area contributed by atoms with E-state index >= 15 is 0 Å². The molecule has 1 atom stereocenters. The molecule has 0 aliphatic carbocycles. The quantitative estimate of drug-likeness (QED) is 0.894. The molecule has 0 amide bonds. The third-order valence-electron chi connectivity index (χ3n) is 2.66. The van der Waals surface area contributed by atoms with Gasteiger partial charge in [-0.2, -0.15) is 0 Å². The number of ether oxygens (including phenoxy) is 2. The van der Waals surface area contributed by atoms with Crippen LogP contribution < -0.4 is 9.47 Å². The molecule has 0 aliphatic rings. The average Bonchev–Trinajstić information content (AvgIpc) is 2.40. The molecule has 2 aromatic carbocycles. The molecule has 0 radical (unpaired) electrons. The summed E-state index contributed by atoms with van der Waals surface area (Å²) in [6.07, 6.45) is -0.573. The Morgan fingerprint density at radius 3 is 2.06 bits per heavy atom. The SMILES string of the molecule is COc1ccccc1Oc1ccccc1C(C)O. The van der Waals surface area contributed by atoms with Crippen LogP contribution in [0.2, 0.25) is 0 Å². The van der Waals surface area contributed by atoms with Gasteiger partial charge in [-0.25, -0.2) is 0 Å². The summed E-state index contributed by atoms with van der Waals surface area (Å²) in [5.41, 5.74) is 0.753. The van der Waals surface area contributed by atoms with Crippen molar-refractivity contribution in [3.63, 3.8) is 0 Å². The van der Waals surface area contributed by atoms with Crippen molar-refractivity contribution in [1.29, 1.82) is 0 Å². The zero-order chi connectivity index (χ0) is 13.0. The fourth-order valence-corrected chi connectivity index (χ4v) is 1.74. The van der Waals surface area contributed by atoms with Gasteiger partial charge in [-0.1, -0.05) is 30.3 Å². The first kappa shape index (κ1) is 12.5. The minimum absolute atomic E-state index is 0.573. The monoisotopic (exact) mass is 244 g/mol. The smallest absolute Gasteiger partial charge is 0.169 e. The third-order valence-corrected chi connectivity index (χ3v) is 2.66. The molecule has 0 bridgehead atoms. The van der Waals surface area contributed by atoms with Gasteiger partial charge < -0.3 is 14.6 Å². The highest BCUT2D eigenvalue weighted by atomic mass is 16.5. The zero-order valence-corrected chi connectivity index (χ0v) is 10.5. The van der Waals surface area contributed by atoms with Crippen molar-refractivity contribution in [2.75, 3.05) is 7.11 Å². The second kappa shape index (κ2) is 5.56. The lowest BCUT2D eigenvalue weighted by molar-refractivity contribution is 0.195. The van der Waals surface area contributed by atoms with Crippen LogP contribution in [0, 0.1) is 0 Å². The maximum atomic E-state index is 9.70. The number of methoxy groups -OCH3 is 1. The predicted octanol–water partition coefficient (Wildman–Crippen LogP) is 3.54. The molecule has 0 heterocycles. The summed E-state index contributed by atoms with van der Waals surface area (Å²) in [7, 11) is 1.60. The lowest BCUT2D eigenvalue weighted by Gasteiger charge is -2.14. The second-order valence-electron chi connectivity index (χ2n) is 3.97. The molecule has 3 heteroatoms. The number of hydrogen-bond donors (Lipinski definition) is 1.